The molecule has 3 nitrogen and oxygen atoms in total. The van der Waals surface area contributed by atoms with Crippen LogP contribution in [0.2, 0.25) is 0 Å². The summed E-state index contributed by atoms with van der Waals surface area (Å²) in [5.74, 6) is -0.949. The number of carbonyl (C=O) groups is 1. The van der Waals surface area contributed by atoms with Crippen molar-refractivity contribution in [2.45, 2.75) is 18.9 Å². The molecule has 0 radical (unpaired) electrons. The zero-order valence-electron chi connectivity index (χ0n) is 13.5. The number of likely N-dealkylation sites (tertiary alicyclic amines) is 1. The molecule has 1 fully saturated rings. The van der Waals surface area contributed by atoms with Crippen LogP contribution >= 0.6 is 38.6 Å². The predicted molar refractivity (Wildman–Crippen MR) is 108 cm³/mol. The van der Waals surface area contributed by atoms with E-state index in [1.54, 1.807) is 22.7 Å². The van der Waals surface area contributed by atoms with E-state index in [4.69, 9.17) is 0 Å². The van der Waals surface area contributed by atoms with Crippen molar-refractivity contribution in [1.29, 1.82) is 0 Å². The summed E-state index contributed by atoms with van der Waals surface area (Å²) >= 11 is 7.08. The fourth-order valence-corrected chi connectivity index (χ4v) is 6.22. The van der Waals surface area contributed by atoms with Crippen LogP contribution in [0, 0.1) is 5.92 Å². The van der Waals surface area contributed by atoms with Gasteiger partial charge in [0.2, 0.25) is 0 Å². The molecule has 1 aliphatic rings. The van der Waals surface area contributed by atoms with Gasteiger partial charge < -0.3 is 5.11 Å². The number of thiophene rings is 2. The predicted octanol–water partition coefficient (Wildman–Crippen LogP) is 5.61. The topological polar surface area (TPSA) is 40.5 Å². The maximum Gasteiger partial charge on any atom is 0.307 e. The zero-order valence-corrected chi connectivity index (χ0v) is 16.7. The number of halogens is 1. The highest BCUT2D eigenvalue weighted by molar-refractivity contribution is 9.11. The third-order valence-corrected chi connectivity index (χ3v) is 7.49. The van der Waals surface area contributed by atoms with Crippen molar-refractivity contribution in [3.05, 3.63) is 56.0 Å². The van der Waals surface area contributed by atoms with Gasteiger partial charge in [0.15, 0.2) is 0 Å². The molecule has 130 valence electrons. The van der Waals surface area contributed by atoms with Crippen LogP contribution in [0.15, 0.2) is 45.6 Å². The lowest BCUT2D eigenvalue weighted by Crippen LogP contribution is -2.41. The summed E-state index contributed by atoms with van der Waals surface area (Å²) in [5, 5.41) is 13.0. The third kappa shape index (κ3) is 3.40. The Morgan fingerprint density at radius 3 is 2.88 bits per heavy atom. The number of nitrogens with zero attached hydrogens (tertiary/aromatic N) is 1. The first-order chi connectivity index (χ1) is 12.1. The molecule has 3 heterocycles. The number of rotatable bonds is 4. The van der Waals surface area contributed by atoms with Gasteiger partial charge in [-0.2, -0.15) is 0 Å². The summed E-state index contributed by atoms with van der Waals surface area (Å²) in [6.45, 7) is 1.55. The Kier molecular flexibility index (Phi) is 4.95. The number of hydrogen-bond donors (Lipinski definition) is 1. The number of hydrogen-bond acceptors (Lipinski definition) is 4. The summed E-state index contributed by atoms with van der Waals surface area (Å²) in [6.07, 6.45) is 1.71. The van der Waals surface area contributed by atoms with Crippen molar-refractivity contribution in [3.8, 4) is 0 Å². The molecule has 2 atom stereocenters. The second kappa shape index (κ2) is 7.19. The van der Waals surface area contributed by atoms with Gasteiger partial charge in [0.25, 0.3) is 0 Å². The molecule has 1 aliphatic heterocycles. The summed E-state index contributed by atoms with van der Waals surface area (Å²) in [5.41, 5.74) is 1.29. The van der Waals surface area contributed by atoms with E-state index < -0.39 is 5.97 Å². The van der Waals surface area contributed by atoms with Crippen molar-refractivity contribution in [3.63, 3.8) is 0 Å². The normalized spacial score (nSPS) is 20.0. The molecule has 0 bridgehead atoms. The number of carboxylic acids is 1. The van der Waals surface area contributed by atoms with Gasteiger partial charge in [0.1, 0.15) is 0 Å². The van der Waals surface area contributed by atoms with Crippen LogP contribution in [0.1, 0.15) is 29.3 Å². The lowest BCUT2D eigenvalue weighted by atomic mass is 9.94. The first kappa shape index (κ1) is 17.2. The Labute approximate surface area is 163 Å². The van der Waals surface area contributed by atoms with Gasteiger partial charge in [-0.3, -0.25) is 9.69 Å². The van der Waals surface area contributed by atoms with E-state index >= 15 is 0 Å². The third-order valence-electron chi connectivity index (χ3n) is 4.84. The Balaban J connectivity index is 1.78. The van der Waals surface area contributed by atoms with Gasteiger partial charge >= 0.3 is 5.97 Å². The molecule has 0 spiro atoms. The van der Waals surface area contributed by atoms with Gasteiger partial charge in [-0.15, -0.1) is 22.7 Å². The number of piperidine rings is 1. The fraction of sp³-hybridized carbons (Fsp3) is 0.316. The minimum atomic E-state index is -0.675. The Bertz CT molecular complexity index is 904. The van der Waals surface area contributed by atoms with Crippen LogP contribution in [-0.4, -0.2) is 29.1 Å². The van der Waals surface area contributed by atoms with Gasteiger partial charge in [0.05, 0.1) is 15.7 Å². The highest BCUT2D eigenvalue weighted by atomic mass is 79.9. The van der Waals surface area contributed by atoms with Crippen LogP contribution < -0.4 is 0 Å². The lowest BCUT2D eigenvalue weighted by Gasteiger charge is -2.36. The van der Waals surface area contributed by atoms with Crippen molar-refractivity contribution in [2.24, 2.45) is 5.92 Å². The molecule has 4 rings (SSSR count). The van der Waals surface area contributed by atoms with E-state index in [2.05, 4.69) is 62.6 Å². The number of carboxylic acid groups (broad SMARTS) is 1. The van der Waals surface area contributed by atoms with Gasteiger partial charge in [0, 0.05) is 16.1 Å². The fourth-order valence-electron chi connectivity index (χ4n) is 3.66. The molecule has 2 aromatic heterocycles. The molecule has 1 aromatic carbocycles. The second-order valence-electron chi connectivity index (χ2n) is 6.40. The quantitative estimate of drug-likeness (QED) is 0.578. The SMILES string of the molecule is O=C(O)C1CCCN(C(c2ccc(Br)s2)c2csc3ccccc23)C1. The minimum Gasteiger partial charge on any atom is -0.481 e. The molecular weight excluding hydrogens is 418 g/mol. The highest BCUT2D eigenvalue weighted by Gasteiger charge is 2.33. The van der Waals surface area contributed by atoms with Crippen LogP contribution in [-0.2, 0) is 4.79 Å². The zero-order chi connectivity index (χ0) is 17.4. The Morgan fingerprint density at radius 1 is 1.28 bits per heavy atom. The Morgan fingerprint density at radius 2 is 2.12 bits per heavy atom. The van der Waals surface area contributed by atoms with Crippen molar-refractivity contribution >= 4 is 54.7 Å². The van der Waals surface area contributed by atoms with Crippen LogP contribution in [0.5, 0.6) is 0 Å². The van der Waals surface area contributed by atoms with Crippen molar-refractivity contribution < 1.29 is 9.90 Å². The molecule has 1 saturated heterocycles. The van der Waals surface area contributed by atoms with Crippen molar-refractivity contribution in [1.82, 2.24) is 4.90 Å². The molecule has 2 unspecified atom stereocenters. The average Bonchev–Trinajstić information content (AvgIpc) is 3.23. The van der Waals surface area contributed by atoms with E-state index in [1.165, 1.54) is 20.5 Å². The van der Waals surface area contributed by atoms with Gasteiger partial charge in [-0.25, -0.2) is 0 Å². The summed E-state index contributed by atoms with van der Waals surface area (Å²) < 4.78 is 2.39. The summed E-state index contributed by atoms with van der Waals surface area (Å²) in [4.78, 5) is 15.2. The molecule has 6 heteroatoms. The molecular formula is C19H18BrNO2S2. The summed E-state index contributed by atoms with van der Waals surface area (Å²) in [7, 11) is 0. The van der Waals surface area contributed by atoms with E-state index in [0.717, 1.165) is 23.2 Å². The highest BCUT2D eigenvalue weighted by Crippen LogP contribution is 2.41. The van der Waals surface area contributed by atoms with Gasteiger partial charge in [-0.1, -0.05) is 18.2 Å². The Hall–Kier alpha value is -1.21. The minimum absolute atomic E-state index is 0.120. The standard InChI is InChI=1S/C19H18BrNO2S2/c20-17-8-7-16(25-17)18(21-9-3-4-12(10-21)19(22)23)14-11-24-15-6-2-1-5-13(14)15/h1-2,5-8,11-12,18H,3-4,9-10H2,(H,22,23). The van der Waals surface area contributed by atoms with E-state index in [0.29, 0.717) is 6.54 Å². The average molecular weight is 436 g/mol. The lowest BCUT2D eigenvalue weighted by molar-refractivity contribution is -0.143. The number of fused-ring (bicyclic) bond motifs is 1. The molecule has 3 aromatic rings. The number of aliphatic carboxylic acids is 1. The van der Waals surface area contributed by atoms with E-state index in [-0.39, 0.29) is 12.0 Å². The monoisotopic (exact) mass is 435 g/mol. The molecule has 0 saturated carbocycles. The van der Waals surface area contributed by atoms with Crippen LogP contribution in [0.4, 0.5) is 0 Å². The van der Waals surface area contributed by atoms with Crippen LogP contribution in [0.25, 0.3) is 10.1 Å². The second-order valence-corrected chi connectivity index (χ2v) is 9.81. The first-order valence-electron chi connectivity index (χ1n) is 8.31. The van der Waals surface area contributed by atoms with E-state index in [9.17, 15) is 9.90 Å². The van der Waals surface area contributed by atoms with E-state index in [1.807, 2.05) is 0 Å². The maximum atomic E-state index is 11.5. The van der Waals surface area contributed by atoms with Gasteiger partial charge in [-0.05, 0) is 69.8 Å². The van der Waals surface area contributed by atoms with Crippen molar-refractivity contribution in [2.75, 3.05) is 13.1 Å². The number of benzene rings is 1. The van der Waals surface area contributed by atoms with Crippen LogP contribution in [0.3, 0.4) is 0 Å². The largest absolute Gasteiger partial charge is 0.481 e. The first-order valence-corrected chi connectivity index (χ1v) is 10.8. The molecule has 0 aliphatic carbocycles. The molecule has 0 amide bonds. The smallest absolute Gasteiger partial charge is 0.307 e. The summed E-state index contributed by atoms with van der Waals surface area (Å²) in [6, 6.07) is 12.8. The molecule has 1 N–H and O–H groups in total. The maximum absolute atomic E-state index is 11.5. The molecule has 25 heavy (non-hydrogen) atoms.